The molecule has 2 aromatic heterocycles. The molecule has 0 radical (unpaired) electrons. The third kappa shape index (κ3) is 4.87. The molecule has 0 spiro atoms. The number of H-pyrrole nitrogens is 1. The first-order valence-corrected chi connectivity index (χ1v) is 11.0. The number of aromatic nitrogens is 4. The van der Waals surface area contributed by atoms with Gasteiger partial charge in [0, 0.05) is 54.4 Å². The van der Waals surface area contributed by atoms with E-state index in [1.54, 1.807) is 31.6 Å². The Morgan fingerprint density at radius 2 is 1.94 bits per heavy atom. The molecule has 11 nitrogen and oxygen atoms in total. The average Bonchev–Trinajstić information content (AvgIpc) is 3.23. The first-order chi connectivity index (χ1) is 16.5. The number of nitrogens with one attached hydrogen (secondary N) is 4. The van der Waals surface area contributed by atoms with E-state index < -0.39 is 6.09 Å². The summed E-state index contributed by atoms with van der Waals surface area (Å²) in [6.45, 7) is 6.37. The zero-order valence-corrected chi connectivity index (χ0v) is 19.1. The molecular formula is C23H26N8O3. The number of alkyl carbamates (subject to hydrolysis) is 1. The van der Waals surface area contributed by atoms with Gasteiger partial charge in [-0.05, 0) is 37.6 Å². The van der Waals surface area contributed by atoms with Crippen molar-refractivity contribution >= 4 is 35.3 Å². The Morgan fingerprint density at radius 1 is 1.15 bits per heavy atom. The molecule has 0 saturated carbocycles. The molecule has 1 aliphatic heterocycles. The molecule has 2 atom stereocenters. The molecule has 0 aliphatic carbocycles. The number of hydrogen-bond acceptors (Lipinski definition) is 7. The number of ether oxygens (including phenoxy) is 1. The summed E-state index contributed by atoms with van der Waals surface area (Å²) in [6.07, 6.45) is 6.27. The number of rotatable bonds is 6. The van der Waals surface area contributed by atoms with Gasteiger partial charge in [0.1, 0.15) is 5.52 Å². The van der Waals surface area contributed by atoms with Gasteiger partial charge >= 0.3 is 12.1 Å². The minimum Gasteiger partial charge on any atom is -0.450 e. The number of nitrogens with zero attached hydrogens (tertiary/aromatic N) is 4. The van der Waals surface area contributed by atoms with Crippen LogP contribution in [0.5, 0.6) is 0 Å². The maximum Gasteiger partial charge on any atom is 0.411 e. The molecule has 176 valence electrons. The lowest BCUT2D eigenvalue weighted by molar-refractivity contribution is 0.154. The predicted octanol–water partition coefficient (Wildman–Crippen LogP) is 3.55. The van der Waals surface area contributed by atoms with Crippen molar-refractivity contribution in [3.63, 3.8) is 0 Å². The Labute approximate surface area is 196 Å². The Bertz CT molecular complexity index is 1250. The van der Waals surface area contributed by atoms with E-state index in [-0.39, 0.29) is 24.5 Å². The largest absolute Gasteiger partial charge is 0.450 e. The van der Waals surface area contributed by atoms with Gasteiger partial charge in [0.2, 0.25) is 5.95 Å². The molecule has 1 aromatic carbocycles. The quantitative estimate of drug-likeness (QED) is 0.441. The summed E-state index contributed by atoms with van der Waals surface area (Å²) in [5.74, 6) is 0.591. The average molecular weight is 463 g/mol. The van der Waals surface area contributed by atoms with Gasteiger partial charge in [0.05, 0.1) is 12.1 Å². The number of aromatic amines is 1. The van der Waals surface area contributed by atoms with Crippen molar-refractivity contribution in [1.29, 1.82) is 0 Å². The van der Waals surface area contributed by atoms with Crippen LogP contribution in [-0.4, -0.2) is 51.4 Å². The summed E-state index contributed by atoms with van der Waals surface area (Å²) in [6, 6.07) is 5.31. The monoisotopic (exact) mass is 462 g/mol. The highest BCUT2D eigenvalue weighted by Crippen LogP contribution is 2.35. The minimum atomic E-state index is -0.514. The van der Waals surface area contributed by atoms with E-state index >= 15 is 0 Å². The molecule has 1 aliphatic rings. The Kier molecular flexibility index (Phi) is 6.81. The van der Waals surface area contributed by atoms with Crippen LogP contribution < -0.4 is 16.0 Å². The number of imidazole rings is 1. The molecule has 3 aromatic rings. The van der Waals surface area contributed by atoms with Gasteiger partial charge in [-0.1, -0.05) is 6.92 Å². The van der Waals surface area contributed by atoms with E-state index in [1.165, 1.54) is 0 Å². The third-order valence-electron chi connectivity index (χ3n) is 5.38. The summed E-state index contributed by atoms with van der Waals surface area (Å²) in [5, 5.41) is 8.16. The number of carbonyl (C=O) groups is 2. The second-order valence-corrected chi connectivity index (χ2v) is 7.65. The third-order valence-corrected chi connectivity index (χ3v) is 5.38. The van der Waals surface area contributed by atoms with Crippen LogP contribution in [0.1, 0.15) is 32.3 Å². The summed E-state index contributed by atoms with van der Waals surface area (Å²) in [4.78, 5) is 44.8. The van der Waals surface area contributed by atoms with E-state index in [2.05, 4.69) is 40.9 Å². The van der Waals surface area contributed by atoms with Gasteiger partial charge in [-0.25, -0.2) is 24.5 Å². The highest BCUT2D eigenvalue weighted by Gasteiger charge is 2.27. The minimum absolute atomic E-state index is 0.0836. The van der Waals surface area contributed by atoms with E-state index in [0.717, 1.165) is 5.56 Å². The zero-order valence-electron chi connectivity index (χ0n) is 19.1. The van der Waals surface area contributed by atoms with Gasteiger partial charge < -0.3 is 15.0 Å². The molecular weight excluding hydrogens is 436 g/mol. The molecule has 0 fully saturated rings. The second kappa shape index (κ2) is 10.1. The van der Waals surface area contributed by atoms with Crippen molar-refractivity contribution in [3.05, 3.63) is 48.1 Å². The van der Waals surface area contributed by atoms with Crippen molar-refractivity contribution in [2.75, 3.05) is 18.5 Å². The summed E-state index contributed by atoms with van der Waals surface area (Å²) in [7, 11) is 0. The van der Waals surface area contributed by atoms with Gasteiger partial charge in [-0.15, -0.1) is 0 Å². The Balaban J connectivity index is 1.73. The standard InChI is InChI=1S/C23H26N8O3/c1-4-25-22(32)31-21-28-17-10-14(9-15(19(17)30-21)20-26-7-6-8-27-20)16-11-24-12-18(13(16)3)29-23(33)34-5-2/h6-13,16H,4-5H2,1-3H3,(H,29,33)(H3,25,28,30,31,32). The predicted molar refractivity (Wildman–Crippen MR) is 128 cm³/mol. The van der Waals surface area contributed by atoms with Crippen LogP contribution in [0.15, 0.2) is 47.5 Å². The number of urea groups is 1. The zero-order chi connectivity index (χ0) is 24.1. The van der Waals surface area contributed by atoms with Gasteiger partial charge in [-0.3, -0.25) is 15.6 Å². The van der Waals surface area contributed by atoms with Crippen molar-refractivity contribution in [2.45, 2.75) is 26.7 Å². The lowest BCUT2D eigenvalue weighted by Gasteiger charge is -2.26. The van der Waals surface area contributed by atoms with Crippen LogP contribution >= 0.6 is 0 Å². The van der Waals surface area contributed by atoms with Gasteiger partial charge in [-0.2, -0.15) is 0 Å². The maximum atomic E-state index is 12.0. The fourth-order valence-electron chi connectivity index (χ4n) is 3.77. The molecule has 34 heavy (non-hydrogen) atoms. The summed E-state index contributed by atoms with van der Waals surface area (Å²) < 4.78 is 5.01. The van der Waals surface area contributed by atoms with Crippen molar-refractivity contribution < 1.29 is 14.3 Å². The fourth-order valence-corrected chi connectivity index (χ4v) is 3.77. The first kappa shape index (κ1) is 22.9. The number of aliphatic imine (C=N–C) groups is 1. The maximum absolute atomic E-state index is 12.0. The molecule has 3 heterocycles. The number of anilines is 1. The Hall–Kier alpha value is -4.28. The molecule has 3 amide bonds. The lowest BCUT2D eigenvalue weighted by Crippen LogP contribution is -2.31. The first-order valence-electron chi connectivity index (χ1n) is 11.0. The number of amides is 3. The van der Waals surface area contributed by atoms with Crippen LogP contribution in [0.3, 0.4) is 0 Å². The normalized spacial score (nSPS) is 17.2. The second-order valence-electron chi connectivity index (χ2n) is 7.65. The number of hydrogen-bond donors (Lipinski definition) is 4. The Morgan fingerprint density at radius 3 is 2.68 bits per heavy atom. The molecule has 0 bridgehead atoms. The highest BCUT2D eigenvalue weighted by molar-refractivity contribution is 5.95. The van der Waals surface area contributed by atoms with Crippen LogP contribution in [0, 0.1) is 5.92 Å². The van der Waals surface area contributed by atoms with Gasteiger partial charge in [0.25, 0.3) is 0 Å². The molecule has 4 N–H and O–H groups in total. The molecule has 2 unspecified atom stereocenters. The van der Waals surface area contributed by atoms with Crippen LogP contribution in [0.4, 0.5) is 15.5 Å². The molecule has 0 saturated heterocycles. The topological polar surface area (TPSA) is 146 Å². The SMILES string of the molecule is CCNC(=O)Nc1nc2c(-c3ncccn3)cc(C3C=NC=C(NC(=O)OCC)C3C)cc2[nH]1. The number of allylic oxidation sites excluding steroid dienone is 1. The summed E-state index contributed by atoms with van der Waals surface area (Å²) >= 11 is 0. The lowest BCUT2D eigenvalue weighted by atomic mass is 9.84. The van der Waals surface area contributed by atoms with Crippen LogP contribution in [0.2, 0.25) is 0 Å². The molecule has 11 heteroatoms. The number of carbonyl (C=O) groups excluding carboxylic acids is 2. The smallest absolute Gasteiger partial charge is 0.411 e. The van der Waals surface area contributed by atoms with Crippen molar-refractivity contribution in [2.24, 2.45) is 10.9 Å². The fraction of sp³-hybridized carbons (Fsp3) is 0.304. The van der Waals surface area contributed by atoms with Crippen molar-refractivity contribution in [3.8, 4) is 11.4 Å². The highest BCUT2D eigenvalue weighted by atomic mass is 16.5. The van der Waals surface area contributed by atoms with E-state index in [9.17, 15) is 9.59 Å². The van der Waals surface area contributed by atoms with E-state index in [1.807, 2.05) is 32.2 Å². The van der Waals surface area contributed by atoms with Crippen LogP contribution in [0.25, 0.3) is 22.4 Å². The van der Waals surface area contributed by atoms with E-state index in [4.69, 9.17) is 4.74 Å². The number of benzene rings is 1. The summed E-state index contributed by atoms with van der Waals surface area (Å²) in [5.41, 5.74) is 3.63. The molecule has 4 rings (SSSR count). The van der Waals surface area contributed by atoms with Crippen LogP contribution in [-0.2, 0) is 4.74 Å². The number of fused-ring (bicyclic) bond motifs is 1. The van der Waals surface area contributed by atoms with Crippen molar-refractivity contribution in [1.82, 2.24) is 30.6 Å². The van der Waals surface area contributed by atoms with Gasteiger partial charge in [0.15, 0.2) is 5.82 Å². The van der Waals surface area contributed by atoms with E-state index in [0.29, 0.717) is 40.6 Å².